The number of ether oxygens (including phenoxy) is 1. The molecule has 0 unspecified atom stereocenters. The van der Waals surface area contributed by atoms with Crippen LogP contribution in [0, 0.1) is 6.92 Å². The van der Waals surface area contributed by atoms with Crippen molar-refractivity contribution in [3.05, 3.63) is 41.8 Å². The lowest BCUT2D eigenvalue weighted by Crippen LogP contribution is -2.32. The summed E-state index contributed by atoms with van der Waals surface area (Å²) in [6.45, 7) is 4.75. The molecule has 0 bridgehead atoms. The Morgan fingerprint density at radius 3 is 2.64 bits per heavy atom. The van der Waals surface area contributed by atoms with Gasteiger partial charge in [0.15, 0.2) is 0 Å². The average molecular weight is 345 g/mol. The molecule has 0 radical (unpaired) electrons. The zero-order valence-corrected chi connectivity index (χ0v) is 14.5. The molecule has 7 heteroatoms. The minimum absolute atomic E-state index is 0.140. The molecular weight excluding hydrogens is 322 g/mol. The first-order valence-electron chi connectivity index (χ1n) is 8.27. The van der Waals surface area contributed by atoms with Crippen molar-refractivity contribution >= 4 is 12.0 Å². The molecule has 0 spiro atoms. The van der Waals surface area contributed by atoms with Crippen LogP contribution in [0.4, 0.5) is 4.79 Å². The number of carbonyl (C=O) groups excluding carboxylic acids is 2. The molecule has 25 heavy (non-hydrogen) atoms. The second kappa shape index (κ2) is 9.46. The average Bonchev–Trinajstić information content (AvgIpc) is 3.04. The molecule has 0 saturated heterocycles. The fraction of sp³-hybridized carbons (Fsp3) is 0.389. The summed E-state index contributed by atoms with van der Waals surface area (Å²) in [5, 5.41) is 5.28. The van der Waals surface area contributed by atoms with E-state index in [1.807, 2.05) is 31.2 Å². The number of nitrogens with one attached hydrogen (secondary N) is 2. The van der Waals surface area contributed by atoms with Crippen LogP contribution in [0.3, 0.4) is 0 Å². The number of benzene rings is 1. The van der Waals surface area contributed by atoms with Gasteiger partial charge in [-0.05, 0) is 26.0 Å². The molecule has 0 aliphatic rings. The molecule has 1 aromatic heterocycles. The van der Waals surface area contributed by atoms with Crippen LogP contribution in [-0.2, 0) is 16.0 Å². The van der Waals surface area contributed by atoms with Crippen molar-refractivity contribution in [3.63, 3.8) is 0 Å². The Bertz CT molecular complexity index is 695. The third-order valence-electron chi connectivity index (χ3n) is 3.45. The van der Waals surface area contributed by atoms with Gasteiger partial charge in [0.05, 0.1) is 12.3 Å². The van der Waals surface area contributed by atoms with Gasteiger partial charge >= 0.3 is 6.09 Å². The van der Waals surface area contributed by atoms with Crippen molar-refractivity contribution in [2.24, 2.45) is 0 Å². The number of rotatable bonds is 8. The third-order valence-corrected chi connectivity index (χ3v) is 3.45. The van der Waals surface area contributed by atoms with Gasteiger partial charge in [0.2, 0.25) is 11.8 Å². The first-order chi connectivity index (χ1) is 12.1. The van der Waals surface area contributed by atoms with E-state index in [2.05, 4.69) is 15.6 Å². The minimum atomic E-state index is -0.512. The van der Waals surface area contributed by atoms with E-state index >= 15 is 0 Å². The summed E-state index contributed by atoms with van der Waals surface area (Å²) in [6.07, 6.45) is 1.86. The molecule has 134 valence electrons. The summed E-state index contributed by atoms with van der Waals surface area (Å²) < 4.78 is 10.2. The molecule has 2 aromatic rings. The van der Waals surface area contributed by atoms with E-state index in [1.165, 1.54) is 5.56 Å². The number of oxazole rings is 1. The lowest BCUT2D eigenvalue weighted by atomic mass is 10.1. The van der Waals surface area contributed by atoms with Crippen molar-refractivity contribution in [2.75, 3.05) is 19.7 Å². The second-order valence-corrected chi connectivity index (χ2v) is 5.51. The van der Waals surface area contributed by atoms with Crippen molar-refractivity contribution in [3.8, 4) is 11.5 Å². The number of alkyl carbamates (subject to hydrolysis) is 1. The molecule has 2 amide bonds. The van der Waals surface area contributed by atoms with Gasteiger partial charge in [0.25, 0.3) is 0 Å². The zero-order chi connectivity index (χ0) is 18.1. The molecule has 0 fully saturated rings. The minimum Gasteiger partial charge on any atom is -0.450 e. The second-order valence-electron chi connectivity index (χ2n) is 5.51. The number of carbonyl (C=O) groups is 2. The Labute approximate surface area is 146 Å². The molecule has 0 aliphatic carbocycles. The molecular formula is C18H23N3O4. The molecule has 1 heterocycles. The summed E-state index contributed by atoms with van der Waals surface area (Å²) in [5.74, 6) is 0.430. The van der Waals surface area contributed by atoms with Crippen LogP contribution < -0.4 is 10.6 Å². The van der Waals surface area contributed by atoms with E-state index in [4.69, 9.17) is 9.15 Å². The standard InChI is InChI=1S/C18H23N3O4/c1-3-24-18(23)20-11-9-16(22)19-10-8-15-12-25-17(21-15)14-6-4-13(2)5-7-14/h4-7,12H,3,8-11H2,1-2H3,(H,19,22)(H,20,23). The van der Waals surface area contributed by atoms with Gasteiger partial charge in [0, 0.05) is 31.5 Å². The maximum atomic E-state index is 11.7. The van der Waals surface area contributed by atoms with Crippen LogP contribution in [0.1, 0.15) is 24.6 Å². The number of aryl methyl sites for hydroxylation is 1. The summed E-state index contributed by atoms with van der Waals surface area (Å²) in [7, 11) is 0. The molecule has 2 rings (SSSR count). The van der Waals surface area contributed by atoms with E-state index in [0.29, 0.717) is 25.5 Å². The molecule has 0 aliphatic heterocycles. The highest BCUT2D eigenvalue weighted by Gasteiger charge is 2.08. The van der Waals surface area contributed by atoms with Crippen LogP contribution in [0.2, 0.25) is 0 Å². The Hall–Kier alpha value is -2.83. The van der Waals surface area contributed by atoms with Crippen molar-refractivity contribution in [2.45, 2.75) is 26.7 Å². The largest absolute Gasteiger partial charge is 0.450 e. The van der Waals surface area contributed by atoms with Gasteiger partial charge in [-0.3, -0.25) is 4.79 Å². The topological polar surface area (TPSA) is 93.5 Å². The van der Waals surface area contributed by atoms with Crippen molar-refractivity contribution in [1.29, 1.82) is 0 Å². The van der Waals surface area contributed by atoms with Crippen molar-refractivity contribution in [1.82, 2.24) is 15.6 Å². The van der Waals surface area contributed by atoms with Gasteiger partial charge < -0.3 is 19.8 Å². The number of hydrogen-bond donors (Lipinski definition) is 2. The Kier molecular flexibility index (Phi) is 7.00. The van der Waals surface area contributed by atoms with Gasteiger partial charge in [-0.1, -0.05) is 17.7 Å². The Morgan fingerprint density at radius 1 is 1.16 bits per heavy atom. The van der Waals surface area contributed by atoms with Crippen LogP contribution in [0.25, 0.3) is 11.5 Å². The first-order valence-corrected chi connectivity index (χ1v) is 8.27. The predicted molar refractivity (Wildman–Crippen MR) is 93.0 cm³/mol. The molecule has 0 saturated carbocycles. The number of hydrogen-bond acceptors (Lipinski definition) is 5. The Morgan fingerprint density at radius 2 is 1.92 bits per heavy atom. The Balaban J connectivity index is 1.69. The SMILES string of the molecule is CCOC(=O)NCCC(=O)NCCc1coc(-c2ccc(C)cc2)n1. The van der Waals surface area contributed by atoms with Crippen LogP contribution in [-0.4, -0.2) is 36.7 Å². The lowest BCUT2D eigenvalue weighted by molar-refractivity contribution is -0.120. The summed E-state index contributed by atoms with van der Waals surface area (Å²) in [6, 6.07) is 7.93. The van der Waals surface area contributed by atoms with Gasteiger partial charge in [-0.15, -0.1) is 0 Å². The van der Waals surface area contributed by atoms with E-state index in [1.54, 1.807) is 13.2 Å². The van der Waals surface area contributed by atoms with E-state index < -0.39 is 6.09 Å². The fourth-order valence-electron chi connectivity index (χ4n) is 2.13. The molecule has 7 nitrogen and oxygen atoms in total. The lowest BCUT2D eigenvalue weighted by Gasteiger charge is -2.05. The normalized spacial score (nSPS) is 10.3. The van der Waals surface area contributed by atoms with E-state index in [0.717, 1.165) is 11.3 Å². The van der Waals surface area contributed by atoms with Crippen LogP contribution >= 0.6 is 0 Å². The number of amides is 2. The number of aromatic nitrogens is 1. The number of nitrogens with zero attached hydrogens (tertiary/aromatic N) is 1. The molecule has 0 atom stereocenters. The molecule has 2 N–H and O–H groups in total. The van der Waals surface area contributed by atoms with E-state index in [-0.39, 0.29) is 18.9 Å². The maximum absolute atomic E-state index is 11.7. The quantitative estimate of drug-likeness (QED) is 0.766. The first kappa shape index (κ1) is 18.5. The van der Waals surface area contributed by atoms with Crippen LogP contribution in [0.5, 0.6) is 0 Å². The maximum Gasteiger partial charge on any atom is 0.407 e. The summed E-state index contributed by atoms with van der Waals surface area (Å²) in [4.78, 5) is 27.2. The summed E-state index contributed by atoms with van der Waals surface area (Å²) in [5.41, 5.74) is 2.88. The fourth-order valence-corrected chi connectivity index (χ4v) is 2.13. The smallest absolute Gasteiger partial charge is 0.407 e. The van der Waals surface area contributed by atoms with Gasteiger partial charge in [-0.2, -0.15) is 0 Å². The highest BCUT2D eigenvalue weighted by Crippen LogP contribution is 2.19. The monoisotopic (exact) mass is 345 g/mol. The predicted octanol–water partition coefficient (Wildman–Crippen LogP) is 2.44. The highest BCUT2D eigenvalue weighted by molar-refractivity contribution is 5.76. The zero-order valence-electron chi connectivity index (χ0n) is 14.5. The van der Waals surface area contributed by atoms with Gasteiger partial charge in [-0.25, -0.2) is 9.78 Å². The van der Waals surface area contributed by atoms with Crippen molar-refractivity contribution < 1.29 is 18.7 Å². The highest BCUT2D eigenvalue weighted by atomic mass is 16.5. The molecule has 1 aromatic carbocycles. The van der Waals surface area contributed by atoms with E-state index in [9.17, 15) is 9.59 Å². The third kappa shape index (κ3) is 6.29. The van der Waals surface area contributed by atoms with Crippen LogP contribution in [0.15, 0.2) is 34.9 Å². The van der Waals surface area contributed by atoms with Gasteiger partial charge in [0.1, 0.15) is 6.26 Å². The summed E-state index contributed by atoms with van der Waals surface area (Å²) >= 11 is 0.